The van der Waals surface area contributed by atoms with Crippen LogP contribution in [0.4, 0.5) is 0 Å². The van der Waals surface area contributed by atoms with E-state index >= 15 is 0 Å². The Morgan fingerprint density at radius 2 is 2.05 bits per heavy atom. The van der Waals surface area contributed by atoms with Gasteiger partial charge in [-0.2, -0.15) is 0 Å². The van der Waals surface area contributed by atoms with Crippen LogP contribution < -0.4 is 5.32 Å². The second kappa shape index (κ2) is 7.21. The number of thiazole rings is 1. The van der Waals surface area contributed by atoms with E-state index in [0.29, 0.717) is 5.92 Å². The highest BCUT2D eigenvalue weighted by molar-refractivity contribution is 7.11. The number of rotatable bonds is 6. The van der Waals surface area contributed by atoms with E-state index in [-0.39, 0.29) is 5.60 Å². The second-order valence-corrected chi connectivity index (χ2v) is 8.02. The summed E-state index contributed by atoms with van der Waals surface area (Å²) in [4.78, 5) is 6.22. The average molecular weight is 311 g/mol. The lowest BCUT2D eigenvalue weighted by atomic mass is 9.80. The summed E-state index contributed by atoms with van der Waals surface area (Å²) in [6.07, 6.45) is 4.70. The first kappa shape index (κ1) is 16.9. The summed E-state index contributed by atoms with van der Waals surface area (Å²) in [5, 5.41) is 4.72. The number of aromatic nitrogens is 1. The summed E-state index contributed by atoms with van der Waals surface area (Å²) in [6, 6.07) is 0. The minimum Gasteiger partial charge on any atom is -0.371 e. The molecule has 0 spiro atoms. The highest BCUT2D eigenvalue weighted by atomic mass is 32.1. The first-order valence-electron chi connectivity index (χ1n) is 8.19. The van der Waals surface area contributed by atoms with Gasteiger partial charge in [0.2, 0.25) is 0 Å². The van der Waals surface area contributed by atoms with Gasteiger partial charge in [-0.1, -0.05) is 20.8 Å². The second-order valence-electron chi connectivity index (χ2n) is 6.93. The Labute approximate surface area is 133 Å². The van der Waals surface area contributed by atoms with Gasteiger partial charge in [0.05, 0.1) is 5.69 Å². The van der Waals surface area contributed by atoms with Crippen molar-refractivity contribution in [3.8, 4) is 0 Å². The number of hydrogen-bond donors (Lipinski definition) is 1. The quantitative estimate of drug-likeness (QED) is 0.853. The van der Waals surface area contributed by atoms with Crippen LogP contribution in [0.3, 0.4) is 0 Å². The zero-order valence-corrected chi connectivity index (χ0v) is 15.0. The van der Waals surface area contributed by atoms with Crippen molar-refractivity contribution >= 4 is 11.3 Å². The maximum Gasteiger partial charge on any atom is 0.125 e. The third-order valence-corrected chi connectivity index (χ3v) is 5.94. The van der Waals surface area contributed by atoms with Crippen LogP contribution in [0.2, 0.25) is 0 Å². The lowest BCUT2D eigenvalue weighted by molar-refractivity contribution is -0.0531. The molecular formula is C17H30N2OS. The molecule has 1 saturated carbocycles. The Hall–Kier alpha value is -0.450. The van der Waals surface area contributed by atoms with E-state index in [1.807, 2.05) is 18.4 Å². The lowest BCUT2D eigenvalue weighted by Gasteiger charge is -2.36. The molecule has 0 aromatic carbocycles. The van der Waals surface area contributed by atoms with E-state index in [1.54, 1.807) is 0 Å². The van der Waals surface area contributed by atoms with Gasteiger partial charge in [0.25, 0.3) is 0 Å². The zero-order valence-electron chi connectivity index (χ0n) is 14.2. The Balaban J connectivity index is 2.09. The number of methoxy groups -OCH3 is 1. The van der Waals surface area contributed by atoms with Crippen molar-refractivity contribution in [2.24, 2.45) is 11.8 Å². The molecule has 1 aliphatic rings. The normalized spacial score (nSPS) is 26.5. The predicted octanol–water partition coefficient (Wildman–Crippen LogP) is 4.25. The molecule has 0 unspecified atom stereocenters. The molecular weight excluding hydrogens is 280 g/mol. The van der Waals surface area contributed by atoms with Crippen LogP contribution in [0.5, 0.6) is 0 Å². The van der Waals surface area contributed by atoms with Gasteiger partial charge in [0, 0.05) is 18.5 Å². The summed E-state index contributed by atoms with van der Waals surface area (Å²) in [5.74, 6) is 1.50. The van der Waals surface area contributed by atoms with E-state index in [4.69, 9.17) is 9.72 Å². The average Bonchev–Trinajstić information content (AvgIpc) is 2.82. The molecule has 4 heteroatoms. The molecule has 3 nitrogen and oxygen atoms in total. The zero-order chi connectivity index (χ0) is 15.5. The van der Waals surface area contributed by atoms with E-state index in [9.17, 15) is 0 Å². The van der Waals surface area contributed by atoms with E-state index < -0.39 is 0 Å². The number of nitrogens with zero attached hydrogens (tertiary/aromatic N) is 1. The molecule has 1 aromatic heterocycles. The van der Waals surface area contributed by atoms with Gasteiger partial charge in [0.1, 0.15) is 10.6 Å². The molecule has 0 saturated heterocycles. The van der Waals surface area contributed by atoms with Crippen LogP contribution in [-0.2, 0) is 16.9 Å². The van der Waals surface area contributed by atoms with Gasteiger partial charge in [-0.3, -0.25) is 0 Å². The molecule has 0 bridgehead atoms. The SMILES string of the molecule is COC1(c2nc(C)c(CNCC(C)C)s2)CCC(C)CC1. The molecule has 0 aliphatic heterocycles. The Bertz CT molecular complexity index is 448. The van der Waals surface area contributed by atoms with Crippen LogP contribution in [0, 0.1) is 18.8 Å². The maximum absolute atomic E-state index is 5.95. The lowest BCUT2D eigenvalue weighted by Crippen LogP contribution is -2.33. The Morgan fingerprint density at radius 3 is 2.62 bits per heavy atom. The molecule has 1 N–H and O–H groups in total. The summed E-state index contributed by atoms with van der Waals surface area (Å²) >= 11 is 1.84. The van der Waals surface area contributed by atoms with Crippen molar-refractivity contribution in [2.75, 3.05) is 13.7 Å². The molecule has 1 aromatic rings. The third-order valence-electron chi connectivity index (χ3n) is 4.59. The standard InChI is InChI=1S/C17H30N2OS/c1-12(2)10-18-11-15-14(4)19-16(21-15)17(20-5)8-6-13(3)7-9-17/h12-13,18H,6-11H2,1-5H3. The first-order chi connectivity index (χ1) is 9.97. The summed E-state index contributed by atoms with van der Waals surface area (Å²) in [5.41, 5.74) is 1.04. The Kier molecular flexibility index (Phi) is 5.81. The van der Waals surface area contributed by atoms with E-state index in [1.165, 1.54) is 28.4 Å². The predicted molar refractivity (Wildman–Crippen MR) is 89.7 cm³/mol. The van der Waals surface area contributed by atoms with Gasteiger partial charge >= 0.3 is 0 Å². The van der Waals surface area contributed by atoms with Crippen molar-refractivity contribution in [3.63, 3.8) is 0 Å². The maximum atomic E-state index is 5.95. The van der Waals surface area contributed by atoms with Crippen LogP contribution in [0.15, 0.2) is 0 Å². The van der Waals surface area contributed by atoms with Crippen molar-refractivity contribution in [3.05, 3.63) is 15.6 Å². The topological polar surface area (TPSA) is 34.1 Å². The monoisotopic (exact) mass is 310 g/mol. The Morgan fingerprint density at radius 1 is 1.38 bits per heavy atom. The summed E-state index contributed by atoms with van der Waals surface area (Å²) in [7, 11) is 1.85. The van der Waals surface area contributed by atoms with Crippen LogP contribution in [-0.4, -0.2) is 18.6 Å². The number of aryl methyl sites for hydroxylation is 1. The summed E-state index contributed by atoms with van der Waals surface area (Å²) in [6.45, 7) is 10.9. The fourth-order valence-electron chi connectivity index (χ4n) is 3.00. The molecule has 2 rings (SSSR count). The fraction of sp³-hybridized carbons (Fsp3) is 0.824. The fourth-order valence-corrected chi connectivity index (χ4v) is 4.25. The number of hydrogen-bond acceptors (Lipinski definition) is 4. The molecule has 1 fully saturated rings. The van der Waals surface area contributed by atoms with Crippen LogP contribution in [0.25, 0.3) is 0 Å². The first-order valence-corrected chi connectivity index (χ1v) is 9.01. The van der Waals surface area contributed by atoms with Crippen molar-refractivity contribution in [1.82, 2.24) is 10.3 Å². The molecule has 0 amide bonds. The van der Waals surface area contributed by atoms with Gasteiger partial charge in [-0.15, -0.1) is 11.3 Å². The largest absolute Gasteiger partial charge is 0.371 e. The number of nitrogens with one attached hydrogen (secondary N) is 1. The molecule has 1 aliphatic carbocycles. The molecule has 120 valence electrons. The molecule has 0 radical (unpaired) electrons. The highest BCUT2D eigenvalue weighted by Gasteiger charge is 2.38. The van der Waals surface area contributed by atoms with Crippen LogP contribution >= 0.6 is 11.3 Å². The van der Waals surface area contributed by atoms with Gasteiger partial charge in [-0.25, -0.2) is 4.98 Å². The molecule has 21 heavy (non-hydrogen) atoms. The van der Waals surface area contributed by atoms with Gasteiger partial charge < -0.3 is 10.1 Å². The summed E-state index contributed by atoms with van der Waals surface area (Å²) < 4.78 is 5.95. The minimum atomic E-state index is -0.127. The smallest absolute Gasteiger partial charge is 0.125 e. The van der Waals surface area contributed by atoms with Gasteiger partial charge in [-0.05, 0) is 51.0 Å². The third kappa shape index (κ3) is 4.05. The molecule has 0 atom stereocenters. The van der Waals surface area contributed by atoms with E-state index in [2.05, 4.69) is 33.0 Å². The van der Waals surface area contributed by atoms with Crippen molar-refractivity contribution in [2.45, 2.75) is 65.5 Å². The van der Waals surface area contributed by atoms with Crippen LogP contribution in [0.1, 0.15) is 62.0 Å². The minimum absolute atomic E-state index is 0.127. The number of ether oxygens (including phenoxy) is 1. The highest BCUT2D eigenvalue weighted by Crippen LogP contribution is 2.43. The van der Waals surface area contributed by atoms with Gasteiger partial charge in [0.15, 0.2) is 0 Å². The van der Waals surface area contributed by atoms with Crippen molar-refractivity contribution < 1.29 is 4.74 Å². The molecule has 1 heterocycles. The van der Waals surface area contributed by atoms with E-state index in [0.717, 1.165) is 31.8 Å². The van der Waals surface area contributed by atoms with Crippen molar-refractivity contribution in [1.29, 1.82) is 0 Å².